The molecule has 0 spiro atoms. The molecular formula is C25H30N2O5. The van der Waals surface area contributed by atoms with Crippen molar-refractivity contribution in [2.75, 3.05) is 26.2 Å². The summed E-state index contributed by atoms with van der Waals surface area (Å²) >= 11 is 0. The zero-order valence-corrected chi connectivity index (χ0v) is 18.6. The third kappa shape index (κ3) is 6.83. The number of amides is 2. The maximum atomic E-state index is 12.6. The highest BCUT2D eigenvalue weighted by Gasteiger charge is 2.23. The number of esters is 1. The van der Waals surface area contributed by atoms with Crippen LogP contribution in [0.5, 0.6) is 11.5 Å². The van der Waals surface area contributed by atoms with Crippen LogP contribution in [-0.2, 0) is 16.0 Å². The highest BCUT2D eigenvalue weighted by atomic mass is 16.5. The van der Waals surface area contributed by atoms with Gasteiger partial charge < -0.3 is 19.7 Å². The van der Waals surface area contributed by atoms with E-state index >= 15 is 0 Å². The molecule has 32 heavy (non-hydrogen) atoms. The number of carbonyl (C=O) groups excluding carboxylic acids is 3. The molecule has 1 fully saturated rings. The SMILES string of the molecule is CCOc1ccc(CC(=O)N2CCC(CNC(=O)c3cccc(OC(C)=O)c3)CC2)cc1. The summed E-state index contributed by atoms with van der Waals surface area (Å²) in [5.41, 5.74) is 1.43. The fraction of sp³-hybridized carbons (Fsp3) is 0.400. The van der Waals surface area contributed by atoms with Gasteiger partial charge in [0.1, 0.15) is 11.5 Å². The first kappa shape index (κ1) is 23.3. The zero-order valence-electron chi connectivity index (χ0n) is 18.6. The molecule has 1 N–H and O–H groups in total. The minimum Gasteiger partial charge on any atom is -0.494 e. The van der Waals surface area contributed by atoms with Crippen molar-refractivity contribution in [3.8, 4) is 11.5 Å². The van der Waals surface area contributed by atoms with Gasteiger partial charge in [-0.25, -0.2) is 0 Å². The lowest BCUT2D eigenvalue weighted by molar-refractivity contribution is -0.132. The van der Waals surface area contributed by atoms with Gasteiger partial charge in [0.2, 0.25) is 5.91 Å². The van der Waals surface area contributed by atoms with Gasteiger partial charge in [0, 0.05) is 32.1 Å². The minimum absolute atomic E-state index is 0.124. The van der Waals surface area contributed by atoms with E-state index in [2.05, 4.69) is 5.32 Å². The van der Waals surface area contributed by atoms with Gasteiger partial charge in [-0.1, -0.05) is 18.2 Å². The number of rotatable bonds is 8. The standard InChI is InChI=1S/C25H30N2O5/c1-3-31-22-9-7-19(8-10-22)15-24(29)27-13-11-20(12-14-27)17-26-25(30)21-5-4-6-23(16-21)32-18(2)28/h4-10,16,20H,3,11-15,17H2,1-2H3,(H,26,30). The maximum Gasteiger partial charge on any atom is 0.308 e. The first-order valence-corrected chi connectivity index (χ1v) is 11.0. The summed E-state index contributed by atoms with van der Waals surface area (Å²) in [6.45, 7) is 5.82. The molecule has 2 aromatic carbocycles. The molecule has 7 heteroatoms. The largest absolute Gasteiger partial charge is 0.494 e. The van der Waals surface area contributed by atoms with Crippen LogP contribution in [0.15, 0.2) is 48.5 Å². The Kier molecular flexibility index (Phi) is 8.25. The second-order valence-corrected chi connectivity index (χ2v) is 7.91. The van der Waals surface area contributed by atoms with Crippen LogP contribution in [0.25, 0.3) is 0 Å². The lowest BCUT2D eigenvalue weighted by Gasteiger charge is -2.32. The van der Waals surface area contributed by atoms with Crippen molar-refractivity contribution in [2.24, 2.45) is 5.92 Å². The van der Waals surface area contributed by atoms with E-state index in [1.165, 1.54) is 6.92 Å². The predicted octanol–water partition coefficient (Wildman–Crippen LogP) is 3.22. The number of carbonyl (C=O) groups is 3. The summed E-state index contributed by atoms with van der Waals surface area (Å²) in [4.78, 5) is 38.1. The van der Waals surface area contributed by atoms with Gasteiger partial charge >= 0.3 is 5.97 Å². The number of nitrogens with zero attached hydrogens (tertiary/aromatic N) is 1. The van der Waals surface area contributed by atoms with Crippen LogP contribution in [0.1, 0.15) is 42.6 Å². The Morgan fingerprint density at radius 1 is 1.03 bits per heavy atom. The molecule has 1 aliphatic heterocycles. The molecule has 0 atom stereocenters. The zero-order chi connectivity index (χ0) is 22.9. The van der Waals surface area contributed by atoms with E-state index in [0.717, 1.165) is 24.2 Å². The van der Waals surface area contributed by atoms with Gasteiger partial charge in [0.25, 0.3) is 5.91 Å². The highest BCUT2D eigenvalue weighted by Crippen LogP contribution is 2.19. The van der Waals surface area contributed by atoms with Gasteiger partial charge in [0.15, 0.2) is 0 Å². The molecule has 0 aliphatic carbocycles. The summed E-state index contributed by atoms with van der Waals surface area (Å²) in [5.74, 6) is 0.984. The monoisotopic (exact) mass is 438 g/mol. The average Bonchev–Trinajstić information content (AvgIpc) is 2.79. The highest BCUT2D eigenvalue weighted by molar-refractivity contribution is 5.94. The van der Waals surface area contributed by atoms with E-state index in [0.29, 0.717) is 49.9 Å². The molecule has 1 aliphatic rings. The number of benzene rings is 2. The molecule has 1 heterocycles. The van der Waals surface area contributed by atoms with Crippen LogP contribution >= 0.6 is 0 Å². The molecule has 1 saturated heterocycles. The lowest BCUT2D eigenvalue weighted by atomic mass is 9.96. The number of piperidine rings is 1. The third-order valence-electron chi connectivity index (χ3n) is 5.47. The Morgan fingerprint density at radius 3 is 2.41 bits per heavy atom. The molecule has 0 saturated carbocycles. The second kappa shape index (κ2) is 11.3. The van der Waals surface area contributed by atoms with Crippen molar-refractivity contribution in [3.05, 3.63) is 59.7 Å². The van der Waals surface area contributed by atoms with E-state index in [1.807, 2.05) is 36.1 Å². The quantitative estimate of drug-likeness (QED) is 0.505. The molecule has 2 aromatic rings. The number of ether oxygens (including phenoxy) is 2. The van der Waals surface area contributed by atoms with Crippen LogP contribution in [0.2, 0.25) is 0 Å². The van der Waals surface area contributed by atoms with Crippen LogP contribution in [0, 0.1) is 5.92 Å². The summed E-state index contributed by atoms with van der Waals surface area (Å²) in [5, 5.41) is 2.95. The molecule has 2 amide bonds. The topological polar surface area (TPSA) is 84.9 Å². The first-order valence-electron chi connectivity index (χ1n) is 11.0. The Labute approximate surface area is 188 Å². The molecular weight excluding hydrogens is 408 g/mol. The Morgan fingerprint density at radius 2 is 1.75 bits per heavy atom. The van der Waals surface area contributed by atoms with E-state index < -0.39 is 5.97 Å². The van der Waals surface area contributed by atoms with Crippen molar-refractivity contribution >= 4 is 17.8 Å². The molecule has 3 rings (SSSR count). The summed E-state index contributed by atoms with van der Waals surface area (Å²) in [7, 11) is 0. The fourth-order valence-electron chi connectivity index (χ4n) is 3.75. The minimum atomic E-state index is -0.425. The maximum absolute atomic E-state index is 12.6. The van der Waals surface area contributed by atoms with Crippen molar-refractivity contribution in [1.29, 1.82) is 0 Å². The molecule has 0 bridgehead atoms. The molecule has 0 radical (unpaired) electrons. The fourth-order valence-corrected chi connectivity index (χ4v) is 3.75. The van der Waals surface area contributed by atoms with E-state index in [4.69, 9.17) is 9.47 Å². The van der Waals surface area contributed by atoms with Crippen molar-refractivity contribution in [3.63, 3.8) is 0 Å². The van der Waals surface area contributed by atoms with E-state index in [9.17, 15) is 14.4 Å². The van der Waals surface area contributed by atoms with E-state index in [-0.39, 0.29) is 11.8 Å². The number of nitrogens with one attached hydrogen (secondary N) is 1. The van der Waals surface area contributed by atoms with Crippen molar-refractivity contribution in [2.45, 2.75) is 33.1 Å². The first-order chi connectivity index (χ1) is 15.4. The third-order valence-corrected chi connectivity index (χ3v) is 5.47. The Hall–Kier alpha value is -3.35. The van der Waals surface area contributed by atoms with Gasteiger partial charge in [0.05, 0.1) is 13.0 Å². The molecule has 0 unspecified atom stereocenters. The number of hydrogen-bond acceptors (Lipinski definition) is 5. The van der Waals surface area contributed by atoms with Gasteiger partial charge in [-0.2, -0.15) is 0 Å². The van der Waals surface area contributed by atoms with Gasteiger partial charge in [-0.05, 0) is 61.6 Å². The smallest absolute Gasteiger partial charge is 0.308 e. The summed E-state index contributed by atoms with van der Waals surface area (Å²) in [6, 6.07) is 14.2. The van der Waals surface area contributed by atoms with Crippen LogP contribution in [-0.4, -0.2) is 48.9 Å². The lowest BCUT2D eigenvalue weighted by Crippen LogP contribution is -2.42. The summed E-state index contributed by atoms with van der Waals surface area (Å²) in [6.07, 6.45) is 2.08. The van der Waals surface area contributed by atoms with Gasteiger partial charge in [-0.15, -0.1) is 0 Å². The number of likely N-dealkylation sites (tertiary alicyclic amines) is 1. The van der Waals surface area contributed by atoms with Crippen LogP contribution in [0.4, 0.5) is 0 Å². The summed E-state index contributed by atoms with van der Waals surface area (Å²) < 4.78 is 10.5. The van der Waals surface area contributed by atoms with Gasteiger partial charge in [-0.3, -0.25) is 14.4 Å². The predicted molar refractivity (Wildman–Crippen MR) is 121 cm³/mol. The normalized spacial score (nSPS) is 14.0. The number of hydrogen-bond donors (Lipinski definition) is 1. The Bertz CT molecular complexity index is 934. The molecule has 7 nitrogen and oxygen atoms in total. The van der Waals surface area contributed by atoms with Crippen LogP contribution < -0.4 is 14.8 Å². The van der Waals surface area contributed by atoms with E-state index in [1.54, 1.807) is 24.3 Å². The molecule has 0 aromatic heterocycles. The van der Waals surface area contributed by atoms with Crippen LogP contribution in [0.3, 0.4) is 0 Å². The molecule has 170 valence electrons. The van der Waals surface area contributed by atoms with Crippen molar-refractivity contribution in [1.82, 2.24) is 10.2 Å². The van der Waals surface area contributed by atoms with Crippen molar-refractivity contribution < 1.29 is 23.9 Å². The Balaban J connectivity index is 1.42. The second-order valence-electron chi connectivity index (χ2n) is 7.91. The average molecular weight is 439 g/mol.